The van der Waals surface area contributed by atoms with Crippen LogP contribution in [0.5, 0.6) is 0 Å². The molecule has 1 fully saturated rings. The van der Waals surface area contributed by atoms with Crippen LogP contribution in [0.4, 0.5) is 25.1 Å². The number of anilines is 2. The molecule has 0 bridgehead atoms. The van der Waals surface area contributed by atoms with E-state index in [0.29, 0.717) is 18.9 Å². The van der Waals surface area contributed by atoms with Gasteiger partial charge in [-0.1, -0.05) is 0 Å². The van der Waals surface area contributed by atoms with E-state index in [4.69, 9.17) is 5.73 Å². The Bertz CT molecular complexity index is 524. The Kier molecular flexibility index (Phi) is 4.71. The van der Waals surface area contributed by atoms with Gasteiger partial charge in [0.25, 0.3) is 0 Å². The van der Waals surface area contributed by atoms with Gasteiger partial charge in [-0.15, -0.1) is 0 Å². The van der Waals surface area contributed by atoms with Crippen LogP contribution < -0.4 is 10.6 Å². The summed E-state index contributed by atoms with van der Waals surface area (Å²) in [5.41, 5.74) is 5.60. The van der Waals surface area contributed by atoms with E-state index in [1.165, 1.54) is 4.90 Å². The van der Waals surface area contributed by atoms with Gasteiger partial charge in [-0.2, -0.15) is 28.1 Å². The fourth-order valence-corrected chi connectivity index (χ4v) is 2.50. The van der Waals surface area contributed by atoms with Gasteiger partial charge < -0.3 is 15.7 Å². The molecule has 124 valence electrons. The molecule has 7 nitrogen and oxygen atoms in total. The first-order chi connectivity index (χ1) is 10.2. The number of aliphatic hydroxyl groups excluding tert-OH is 1. The van der Waals surface area contributed by atoms with Gasteiger partial charge in [0, 0.05) is 20.1 Å². The van der Waals surface area contributed by atoms with E-state index in [1.54, 1.807) is 19.0 Å². The fraction of sp³-hybridized carbons (Fsp3) is 0.750. The molecule has 1 aliphatic heterocycles. The number of nitrogens with zero attached hydrogens (tertiary/aromatic N) is 5. The van der Waals surface area contributed by atoms with E-state index in [2.05, 4.69) is 15.0 Å². The minimum Gasteiger partial charge on any atom is -0.382 e. The zero-order chi connectivity index (χ0) is 16.5. The number of hydrogen-bond donors (Lipinski definition) is 2. The third kappa shape index (κ3) is 3.74. The van der Waals surface area contributed by atoms with Crippen molar-refractivity contribution in [2.45, 2.75) is 37.7 Å². The van der Waals surface area contributed by atoms with Crippen molar-refractivity contribution in [1.29, 1.82) is 0 Å². The van der Waals surface area contributed by atoms with Crippen molar-refractivity contribution in [3.8, 4) is 0 Å². The number of likely N-dealkylation sites (tertiary alicyclic amines) is 1. The van der Waals surface area contributed by atoms with Crippen molar-refractivity contribution in [3.05, 3.63) is 5.82 Å². The number of aliphatic hydroxyl groups is 1. The van der Waals surface area contributed by atoms with Crippen LogP contribution in [0, 0.1) is 0 Å². The van der Waals surface area contributed by atoms with Crippen LogP contribution in [0.3, 0.4) is 0 Å². The quantitative estimate of drug-likeness (QED) is 0.830. The summed E-state index contributed by atoms with van der Waals surface area (Å²) in [6.45, 7) is 0.534. The van der Waals surface area contributed by atoms with E-state index in [9.17, 15) is 18.3 Å². The minimum atomic E-state index is -4.64. The Balaban J connectivity index is 2.16. The van der Waals surface area contributed by atoms with Gasteiger partial charge in [0.05, 0.1) is 6.54 Å². The molecule has 0 radical (unpaired) electrons. The van der Waals surface area contributed by atoms with Crippen LogP contribution in [0.1, 0.15) is 18.7 Å². The largest absolute Gasteiger partial charge is 0.415 e. The number of halogens is 3. The van der Waals surface area contributed by atoms with E-state index in [-0.39, 0.29) is 24.7 Å². The van der Waals surface area contributed by atoms with E-state index >= 15 is 0 Å². The summed E-state index contributed by atoms with van der Waals surface area (Å²) < 4.78 is 38.1. The molecule has 2 atom stereocenters. The number of rotatable bonds is 4. The third-order valence-corrected chi connectivity index (χ3v) is 3.55. The molecule has 3 N–H and O–H groups in total. The van der Waals surface area contributed by atoms with Gasteiger partial charge >= 0.3 is 6.18 Å². The van der Waals surface area contributed by atoms with Crippen molar-refractivity contribution in [2.75, 3.05) is 31.3 Å². The van der Waals surface area contributed by atoms with E-state index in [1.807, 2.05) is 0 Å². The van der Waals surface area contributed by atoms with Crippen LogP contribution in [0.15, 0.2) is 0 Å². The molecule has 22 heavy (non-hydrogen) atoms. The first kappa shape index (κ1) is 16.7. The molecule has 10 heteroatoms. The van der Waals surface area contributed by atoms with Crippen LogP contribution in [0.25, 0.3) is 0 Å². The molecule has 0 spiro atoms. The summed E-state index contributed by atoms with van der Waals surface area (Å²) in [4.78, 5) is 15.2. The summed E-state index contributed by atoms with van der Waals surface area (Å²) in [6.07, 6.45) is -6.15. The molecule has 2 rings (SSSR count). The molecule has 0 aromatic carbocycles. The topological polar surface area (TPSA) is 91.4 Å². The van der Waals surface area contributed by atoms with E-state index in [0.717, 1.165) is 0 Å². The molecule has 0 unspecified atom stereocenters. The highest BCUT2D eigenvalue weighted by Crippen LogP contribution is 2.31. The summed E-state index contributed by atoms with van der Waals surface area (Å²) in [5, 5.41) is 9.48. The molecule has 0 aliphatic carbocycles. The molecular formula is C12H19F3N6O. The lowest BCUT2D eigenvalue weighted by atomic mass is 10.1. The second-order valence-electron chi connectivity index (χ2n) is 5.47. The Morgan fingerprint density at radius 3 is 2.64 bits per heavy atom. The fourth-order valence-electron chi connectivity index (χ4n) is 2.50. The first-order valence-corrected chi connectivity index (χ1v) is 6.85. The lowest BCUT2D eigenvalue weighted by Crippen LogP contribution is -2.46. The molecule has 1 aromatic heterocycles. The SMILES string of the molecule is CN(C)c1nc(N)nc(CN2CCC[C@@H]2[C@@H](O)C(F)(F)F)n1. The number of alkyl halides is 3. The van der Waals surface area contributed by atoms with Crippen LogP contribution >= 0.6 is 0 Å². The standard InChI is InChI=1S/C12H19F3N6O/c1-20(2)11-18-8(17-10(16)19-11)6-21-5-3-4-7(21)9(22)12(13,14)15/h7,9,22H,3-6H2,1-2H3,(H2,16,17,18,19)/t7-,9-/m1/s1. The Morgan fingerprint density at radius 2 is 2.05 bits per heavy atom. The predicted octanol–water partition coefficient (Wildman–Crippen LogP) is 0.407. The highest BCUT2D eigenvalue weighted by Gasteiger charge is 2.47. The monoisotopic (exact) mass is 320 g/mol. The van der Waals surface area contributed by atoms with Crippen molar-refractivity contribution < 1.29 is 18.3 Å². The predicted molar refractivity (Wildman–Crippen MR) is 74.1 cm³/mol. The molecule has 1 saturated heterocycles. The highest BCUT2D eigenvalue weighted by atomic mass is 19.4. The molecule has 2 heterocycles. The first-order valence-electron chi connectivity index (χ1n) is 6.85. The lowest BCUT2D eigenvalue weighted by molar-refractivity contribution is -0.219. The average Bonchev–Trinajstić information content (AvgIpc) is 2.83. The van der Waals surface area contributed by atoms with Crippen molar-refractivity contribution in [1.82, 2.24) is 19.9 Å². The normalized spacial score (nSPS) is 21.1. The smallest absolute Gasteiger partial charge is 0.382 e. The van der Waals surface area contributed by atoms with Crippen molar-refractivity contribution in [3.63, 3.8) is 0 Å². The maximum atomic E-state index is 12.7. The summed E-state index contributed by atoms with van der Waals surface area (Å²) in [5.74, 6) is 0.646. The van der Waals surface area contributed by atoms with Crippen LogP contribution in [-0.4, -0.2) is 63.9 Å². The molecule has 0 amide bonds. The zero-order valence-corrected chi connectivity index (χ0v) is 12.4. The second kappa shape index (κ2) is 6.21. The highest BCUT2D eigenvalue weighted by molar-refractivity contribution is 5.32. The maximum absolute atomic E-state index is 12.7. The molecule has 1 aromatic rings. The minimum absolute atomic E-state index is 0.0146. The van der Waals surface area contributed by atoms with E-state index < -0.39 is 18.3 Å². The zero-order valence-electron chi connectivity index (χ0n) is 12.4. The molecular weight excluding hydrogens is 301 g/mol. The number of nitrogens with two attached hydrogens (primary N) is 1. The number of hydrogen-bond acceptors (Lipinski definition) is 7. The number of aromatic nitrogens is 3. The summed E-state index contributed by atoms with van der Waals surface area (Å²) >= 11 is 0. The van der Waals surface area contributed by atoms with Crippen LogP contribution in [0.2, 0.25) is 0 Å². The van der Waals surface area contributed by atoms with Gasteiger partial charge in [-0.05, 0) is 19.4 Å². The Labute approximate surface area is 126 Å². The third-order valence-electron chi connectivity index (χ3n) is 3.55. The van der Waals surface area contributed by atoms with Gasteiger partial charge in [-0.25, -0.2) is 0 Å². The van der Waals surface area contributed by atoms with Gasteiger partial charge in [-0.3, -0.25) is 4.90 Å². The number of nitrogen functional groups attached to an aromatic ring is 1. The van der Waals surface area contributed by atoms with Crippen LogP contribution in [-0.2, 0) is 6.54 Å². The van der Waals surface area contributed by atoms with Gasteiger partial charge in [0.2, 0.25) is 11.9 Å². The Morgan fingerprint density at radius 1 is 1.36 bits per heavy atom. The maximum Gasteiger partial charge on any atom is 0.415 e. The van der Waals surface area contributed by atoms with Crippen molar-refractivity contribution >= 4 is 11.9 Å². The molecule has 0 saturated carbocycles. The summed E-state index contributed by atoms with van der Waals surface area (Å²) in [6, 6.07) is -0.985. The van der Waals surface area contributed by atoms with Gasteiger partial charge in [0.15, 0.2) is 6.10 Å². The Hall–Kier alpha value is -1.68. The average molecular weight is 320 g/mol. The lowest BCUT2D eigenvalue weighted by Gasteiger charge is -2.29. The second-order valence-corrected chi connectivity index (χ2v) is 5.47. The summed E-state index contributed by atoms with van der Waals surface area (Å²) in [7, 11) is 3.45. The van der Waals surface area contributed by atoms with Crippen molar-refractivity contribution in [2.24, 2.45) is 0 Å². The molecule has 1 aliphatic rings. The van der Waals surface area contributed by atoms with Gasteiger partial charge in [0.1, 0.15) is 5.82 Å².